The number of nitro benzene ring substituents is 1. The zero-order chi connectivity index (χ0) is 77.8. The number of nitro groups is 1. The number of carbonyl (C=O) groups is 4. The number of benzene rings is 15. The van der Waals surface area contributed by atoms with Crippen molar-refractivity contribution in [2.24, 2.45) is 0 Å². The van der Waals surface area contributed by atoms with Crippen molar-refractivity contribution < 1.29 is 24.1 Å². The van der Waals surface area contributed by atoms with Gasteiger partial charge < -0.3 is 10.7 Å². The Bertz CT molecular complexity index is 6440. The normalized spacial score (nSPS) is 10.8. The van der Waals surface area contributed by atoms with Crippen LogP contribution in [0.15, 0.2) is 315 Å². The molecule has 544 valence electrons. The molecule has 0 fully saturated rings. The Morgan fingerprint density at radius 3 is 1.31 bits per heavy atom. The number of imidazole rings is 3. The Hall–Kier alpha value is -12.9. The molecule has 3 heterocycles. The van der Waals surface area contributed by atoms with Gasteiger partial charge in [0.25, 0.3) is 22.7 Å². The van der Waals surface area contributed by atoms with E-state index in [1.54, 1.807) is 45.5 Å². The Morgan fingerprint density at radius 2 is 0.802 bits per heavy atom. The van der Waals surface area contributed by atoms with E-state index in [1.165, 1.54) is 29.0 Å². The van der Waals surface area contributed by atoms with Crippen molar-refractivity contribution in [1.29, 1.82) is 0 Å². The van der Waals surface area contributed by atoms with Crippen molar-refractivity contribution >= 4 is 169 Å². The van der Waals surface area contributed by atoms with Crippen molar-refractivity contribution in [1.82, 2.24) is 29.1 Å². The number of aromatic amines is 1. The largest absolute Gasteiger partial charge is 0.393 e. The molecule has 0 spiro atoms. The number of aryl methyl sites for hydroxylation is 3. The minimum absolute atomic E-state index is 0.113. The summed E-state index contributed by atoms with van der Waals surface area (Å²) in [6, 6.07) is 99.5. The van der Waals surface area contributed by atoms with E-state index in [0.717, 1.165) is 105 Å². The predicted molar refractivity (Wildman–Crippen MR) is 454 cm³/mol. The Kier molecular flexibility index (Phi) is 23.7. The first-order chi connectivity index (χ1) is 53.8. The molecular weight excluding hydrogens is 1490 g/mol. The van der Waals surface area contributed by atoms with E-state index in [9.17, 15) is 29.3 Å². The number of fused-ring (bicyclic) bond motifs is 7. The fraction of sp³-hybridized carbons (Fsp3) is 0.0326. The third-order valence-corrected chi connectivity index (χ3v) is 19.4. The number of halogens is 5. The van der Waals surface area contributed by atoms with Crippen LogP contribution in [0.4, 0.5) is 11.4 Å². The number of nitrogens with one attached hydrogen (secondary N) is 1. The molecule has 0 amide bonds. The SMILES string of the molecule is Cc1ccc(C(=O)Cl)cc1.Cc1ccc(C(=O)n2c(-c3cccc4ccccc34)nc3cc(Cl)ccc32)cc1.Cc1ccc(C(=O)n2c(-c3cccc4ccccc34)nc3ccc(Cl)cc32)cc1.Clc1ccc2nc(-c3cccc4ccccc34)[nH]c2c1.Nc1ccc(Cl)cc1[N+](=O)[O-].O=Cc1cccc2ccccc12. The molecule has 18 rings (SSSR count). The molecule has 3 N–H and O–H groups in total. The van der Waals surface area contributed by atoms with Crippen LogP contribution in [0.5, 0.6) is 0 Å². The summed E-state index contributed by atoms with van der Waals surface area (Å²) in [5.41, 5.74) is 18.8. The lowest BCUT2D eigenvalue weighted by molar-refractivity contribution is -0.383. The van der Waals surface area contributed by atoms with Gasteiger partial charge in [-0.15, -0.1) is 0 Å². The summed E-state index contributed by atoms with van der Waals surface area (Å²) in [5, 5.41) is 20.9. The van der Waals surface area contributed by atoms with Crippen LogP contribution in [-0.4, -0.2) is 57.3 Å². The minimum atomic E-state index is -0.568. The maximum Gasteiger partial charge on any atom is 0.293 e. The van der Waals surface area contributed by atoms with Crippen LogP contribution in [-0.2, 0) is 0 Å². The van der Waals surface area contributed by atoms with Gasteiger partial charge in [-0.05, 0) is 179 Å². The van der Waals surface area contributed by atoms with Gasteiger partial charge in [0.15, 0.2) is 6.29 Å². The zero-order valence-corrected chi connectivity index (χ0v) is 63.5. The second-order valence-corrected chi connectivity index (χ2v) is 27.9. The summed E-state index contributed by atoms with van der Waals surface area (Å²) < 4.78 is 3.37. The number of hydrogen-bond acceptors (Lipinski definition) is 10. The van der Waals surface area contributed by atoms with Gasteiger partial charge in [-0.2, -0.15) is 0 Å². The molecule has 0 radical (unpaired) electrons. The highest BCUT2D eigenvalue weighted by atomic mass is 35.5. The average Bonchev–Trinajstić information content (AvgIpc) is 1.64. The lowest BCUT2D eigenvalue weighted by Crippen LogP contribution is -2.13. The molecule has 3 aromatic heterocycles. The first-order valence-corrected chi connectivity index (χ1v) is 36.7. The fourth-order valence-corrected chi connectivity index (χ4v) is 13.4. The van der Waals surface area contributed by atoms with Gasteiger partial charge in [-0.25, -0.2) is 15.0 Å². The molecule has 15 aromatic carbocycles. The van der Waals surface area contributed by atoms with Crippen LogP contribution in [0.3, 0.4) is 0 Å². The molecule has 19 heteroatoms. The van der Waals surface area contributed by atoms with Crippen LogP contribution < -0.4 is 5.73 Å². The number of H-pyrrole nitrogens is 1. The first-order valence-electron chi connectivity index (χ1n) is 34.8. The van der Waals surface area contributed by atoms with E-state index >= 15 is 0 Å². The van der Waals surface area contributed by atoms with Crippen molar-refractivity contribution in [3.8, 4) is 34.2 Å². The van der Waals surface area contributed by atoms with Crippen molar-refractivity contribution in [2.75, 3.05) is 5.73 Å². The van der Waals surface area contributed by atoms with E-state index in [-0.39, 0.29) is 23.2 Å². The number of carbonyl (C=O) groups excluding carboxylic acids is 4. The van der Waals surface area contributed by atoms with Gasteiger partial charge in [0, 0.05) is 65.1 Å². The van der Waals surface area contributed by atoms with E-state index in [2.05, 4.69) is 76.7 Å². The average molecular weight is 1560 g/mol. The number of rotatable bonds is 8. The van der Waals surface area contributed by atoms with E-state index in [1.807, 2.05) is 215 Å². The maximum absolute atomic E-state index is 13.6. The predicted octanol–water partition coefficient (Wildman–Crippen LogP) is 24.9. The minimum Gasteiger partial charge on any atom is -0.393 e. The molecule has 18 aromatic rings. The Labute approximate surface area is 662 Å². The number of nitrogens with zero attached hydrogens (tertiary/aromatic N) is 6. The first kappa shape index (κ1) is 76.3. The number of hydrogen-bond donors (Lipinski definition) is 2. The molecule has 0 saturated carbocycles. The third kappa shape index (κ3) is 17.6. The van der Waals surface area contributed by atoms with Gasteiger partial charge in [-0.1, -0.05) is 269 Å². The van der Waals surface area contributed by atoms with Gasteiger partial charge in [0.05, 0.1) is 38.0 Å². The summed E-state index contributed by atoms with van der Waals surface area (Å²) in [5.74, 6) is 1.86. The molecule has 0 aliphatic heterocycles. The van der Waals surface area contributed by atoms with E-state index in [0.29, 0.717) is 59.5 Å². The van der Waals surface area contributed by atoms with Crippen LogP contribution in [0.1, 0.15) is 58.1 Å². The maximum atomic E-state index is 13.6. The van der Waals surface area contributed by atoms with Gasteiger partial charge in [-0.3, -0.25) is 38.4 Å². The van der Waals surface area contributed by atoms with Gasteiger partial charge >= 0.3 is 0 Å². The van der Waals surface area contributed by atoms with Crippen LogP contribution in [0, 0.1) is 30.9 Å². The second-order valence-electron chi connectivity index (χ2n) is 25.8. The quantitative estimate of drug-likeness (QED) is 0.0485. The molecule has 14 nitrogen and oxygen atoms in total. The van der Waals surface area contributed by atoms with Gasteiger partial charge in [0.2, 0.25) is 0 Å². The topological polar surface area (TPSA) is 202 Å². The number of aromatic nitrogens is 6. The Balaban J connectivity index is 0.000000123. The smallest absolute Gasteiger partial charge is 0.293 e. The lowest BCUT2D eigenvalue weighted by atomic mass is 10.0. The number of anilines is 1. The third-order valence-electron chi connectivity index (χ3n) is 18.2. The second kappa shape index (κ2) is 34.5. The van der Waals surface area contributed by atoms with Gasteiger partial charge in [0.1, 0.15) is 23.2 Å². The molecular formula is C92H65Cl5N8O6. The van der Waals surface area contributed by atoms with Crippen LogP contribution >= 0.6 is 58.0 Å². The van der Waals surface area contributed by atoms with Crippen LogP contribution in [0.25, 0.3) is 110 Å². The zero-order valence-electron chi connectivity index (χ0n) is 59.7. The molecule has 0 atom stereocenters. The highest BCUT2D eigenvalue weighted by molar-refractivity contribution is 6.67. The number of nitrogens with two attached hydrogens (primary N) is 1. The fourth-order valence-electron chi connectivity index (χ4n) is 12.6. The molecule has 0 unspecified atom stereocenters. The molecule has 0 aliphatic carbocycles. The molecule has 0 bridgehead atoms. The van der Waals surface area contributed by atoms with Crippen molar-refractivity contribution in [2.45, 2.75) is 20.8 Å². The highest BCUT2D eigenvalue weighted by Crippen LogP contribution is 2.36. The summed E-state index contributed by atoms with van der Waals surface area (Å²) in [6.45, 7) is 5.97. The monoisotopic (exact) mass is 1550 g/mol. The van der Waals surface area contributed by atoms with E-state index in [4.69, 9.17) is 73.7 Å². The van der Waals surface area contributed by atoms with Crippen molar-refractivity contribution in [3.05, 3.63) is 385 Å². The summed E-state index contributed by atoms with van der Waals surface area (Å²) in [7, 11) is 0. The Morgan fingerprint density at radius 1 is 0.405 bits per heavy atom. The van der Waals surface area contributed by atoms with E-state index < -0.39 is 10.2 Å². The summed E-state index contributed by atoms with van der Waals surface area (Å²) in [6.07, 6.45) is 0.891. The number of aldehydes is 1. The lowest BCUT2D eigenvalue weighted by Gasteiger charge is -2.11. The van der Waals surface area contributed by atoms with Crippen molar-refractivity contribution in [3.63, 3.8) is 0 Å². The molecule has 0 saturated heterocycles. The standard InChI is InChI=1S/2C25H17ClN2O.C17H11ClN2.C11H8O.C8H7ClO.C6H5ClN2O2/c1-16-9-11-18(12-10-16)25(29)28-23-14-13-19(26)15-22(23)27-24(28)21-8-4-6-17-5-2-3-7-20(17)21;1-16-9-11-18(12-10-16)25(29)28-23-15-19(26)13-14-22(23)27-24(28)21-8-4-6-17-5-2-3-7-20(17)21;18-12-8-9-15-16(10-12)20-17(19-15)14-7-3-5-11-4-1-2-6-13(11)14;12-8-10-6-3-5-9-4-1-2-7-11(9)10;1-6-2-4-7(5-3-6)8(9)10;7-4-1-2-5(8)6(3-4)9(10)11/h2*2-15H,1H3;1-10H,(H,19,20);1-8H;2-5H,1H3;1-3H,8H2. The summed E-state index contributed by atoms with van der Waals surface area (Å²) in [4.78, 5) is 75.6. The summed E-state index contributed by atoms with van der Waals surface area (Å²) >= 11 is 29.2. The highest BCUT2D eigenvalue weighted by Gasteiger charge is 2.24. The number of nitrogen functional groups attached to an aromatic ring is 1. The molecule has 0 aliphatic rings. The van der Waals surface area contributed by atoms with Crippen LogP contribution in [0.2, 0.25) is 20.1 Å². The molecule has 111 heavy (non-hydrogen) atoms.